The lowest BCUT2D eigenvalue weighted by Gasteiger charge is -2.58. The maximum atomic E-state index is 10.0. The van der Waals surface area contributed by atoms with Gasteiger partial charge >= 0.3 is 0 Å². The number of rotatable bonds is 0. The molecule has 0 aromatic heterocycles. The first-order valence-electron chi connectivity index (χ1n) is 5.00. The lowest BCUT2D eigenvalue weighted by molar-refractivity contribution is -0.350. The van der Waals surface area contributed by atoms with Crippen LogP contribution in [0.4, 0.5) is 0 Å². The minimum atomic E-state index is -0.737. The Kier molecular flexibility index (Phi) is 1.15. The molecular formula is C10H16O2. The van der Waals surface area contributed by atoms with E-state index in [-0.39, 0.29) is 5.60 Å². The largest absolute Gasteiger partial charge is 0.365 e. The first-order chi connectivity index (χ1) is 5.57. The summed E-state index contributed by atoms with van der Waals surface area (Å²) in [5.74, 6) is 0.737. The van der Waals surface area contributed by atoms with Crippen molar-refractivity contribution in [1.82, 2.24) is 0 Å². The average molecular weight is 168 g/mol. The van der Waals surface area contributed by atoms with Crippen molar-refractivity contribution >= 4 is 0 Å². The van der Waals surface area contributed by atoms with Crippen molar-refractivity contribution in [1.29, 1.82) is 0 Å². The first-order valence-corrected chi connectivity index (χ1v) is 5.00. The SMILES string of the molecule is CC12CC3CC(C1)CC(O)(C3)O2. The van der Waals surface area contributed by atoms with Crippen molar-refractivity contribution in [3.8, 4) is 0 Å². The zero-order chi connectivity index (χ0) is 8.40. The smallest absolute Gasteiger partial charge is 0.166 e. The maximum Gasteiger partial charge on any atom is 0.166 e. The fourth-order valence-corrected chi connectivity index (χ4v) is 3.86. The van der Waals surface area contributed by atoms with E-state index < -0.39 is 5.79 Å². The Balaban J connectivity index is 1.98. The highest BCUT2D eigenvalue weighted by Gasteiger charge is 2.56. The van der Waals surface area contributed by atoms with Gasteiger partial charge in [-0.2, -0.15) is 0 Å². The fourth-order valence-electron chi connectivity index (χ4n) is 3.86. The monoisotopic (exact) mass is 168 g/mol. The molecule has 0 aromatic carbocycles. The molecule has 2 saturated carbocycles. The minimum absolute atomic E-state index is 0.0127. The van der Waals surface area contributed by atoms with Crippen molar-refractivity contribution in [2.45, 2.75) is 50.4 Å². The van der Waals surface area contributed by atoms with Gasteiger partial charge in [0.25, 0.3) is 0 Å². The van der Waals surface area contributed by atoms with Crippen molar-refractivity contribution in [2.24, 2.45) is 11.8 Å². The summed E-state index contributed by atoms with van der Waals surface area (Å²) in [6.07, 6.45) is 5.46. The van der Waals surface area contributed by atoms with Crippen LogP contribution in [-0.2, 0) is 4.74 Å². The molecule has 2 saturated heterocycles. The third-order valence-corrected chi connectivity index (χ3v) is 3.76. The van der Waals surface area contributed by atoms with Gasteiger partial charge < -0.3 is 9.84 Å². The zero-order valence-corrected chi connectivity index (χ0v) is 7.55. The molecule has 2 aliphatic heterocycles. The molecule has 68 valence electrons. The highest BCUT2D eigenvalue weighted by atomic mass is 16.6. The van der Waals surface area contributed by atoms with Gasteiger partial charge in [-0.15, -0.1) is 0 Å². The average Bonchev–Trinajstić information content (AvgIpc) is 1.75. The van der Waals surface area contributed by atoms with E-state index in [0.29, 0.717) is 0 Å². The van der Waals surface area contributed by atoms with Gasteiger partial charge in [0.15, 0.2) is 5.79 Å². The summed E-state index contributed by atoms with van der Waals surface area (Å²) < 4.78 is 5.75. The summed E-state index contributed by atoms with van der Waals surface area (Å²) in [6.45, 7) is 2.16. The summed E-state index contributed by atoms with van der Waals surface area (Å²) in [6, 6.07) is 0. The van der Waals surface area contributed by atoms with Gasteiger partial charge in [0, 0.05) is 12.8 Å². The third-order valence-electron chi connectivity index (χ3n) is 3.76. The molecule has 2 heteroatoms. The number of ether oxygens (including phenoxy) is 1. The standard InChI is InChI=1S/C10H16O2/c1-9-3-7-2-8(4-9)6-10(11,5-7)12-9/h7-8,11H,2-6H2,1H3. The summed E-state index contributed by atoms with van der Waals surface area (Å²) in [4.78, 5) is 0. The number of aliphatic hydroxyl groups is 1. The van der Waals surface area contributed by atoms with Gasteiger partial charge in [-0.25, -0.2) is 0 Å². The Labute approximate surface area is 72.9 Å². The van der Waals surface area contributed by atoms with E-state index in [2.05, 4.69) is 6.92 Å². The molecule has 4 rings (SSSR count). The van der Waals surface area contributed by atoms with Crippen LogP contribution >= 0.6 is 0 Å². The summed E-state index contributed by atoms with van der Waals surface area (Å²) in [5.41, 5.74) is 0.0127. The fraction of sp³-hybridized carbons (Fsp3) is 1.00. The molecule has 2 unspecified atom stereocenters. The van der Waals surface area contributed by atoms with Crippen LogP contribution in [0.5, 0.6) is 0 Å². The van der Waals surface area contributed by atoms with E-state index in [9.17, 15) is 5.11 Å². The third kappa shape index (κ3) is 0.882. The molecule has 4 fully saturated rings. The molecule has 2 aliphatic carbocycles. The molecule has 0 amide bonds. The van der Waals surface area contributed by atoms with Crippen LogP contribution in [-0.4, -0.2) is 16.5 Å². The van der Waals surface area contributed by atoms with E-state index in [1.54, 1.807) is 0 Å². The van der Waals surface area contributed by atoms with E-state index >= 15 is 0 Å². The number of hydrogen-bond donors (Lipinski definition) is 1. The Bertz CT molecular complexity index is 190. The zero-order valence-electron chi connectivity index (χ0n) is 7.55. The molecule has 0 radical (unpaired) electrons. The lowest BCUT2D eigenvalue weighted by atomic mass is 9.61. The predicted octanol–water partition coefficient (Wildman–Crippen LogP) is 1.67. The van der Waals surface area contributed by atoms with Gasteiger partial charge in [-0.3, -0.25) is 0 Å². The second-order valence-corrected chi connectivity index (χ2v) is 5.28. The lowest BCUT2D eigenvalue weighted by Crippen LogP contribution is -2.59. The van der Waals surface area contributed by atoms with Gasteiger partial charge in [0.2, 0.25) is 0 Å². The van der Waals surface area contributed by atoms with E-state index in [1.807, 2.05) is 0 Å². The van der Waals surface area contributed by atoms with Crippen molar-refractivity contribution in [2.75, 3.05) is 0 Å². The van der Waals surface area contributed by atoms with E-state index in [0.717, 1.165) is 24.7 Å². The van der Waals surface area contributed by atoms with Crippen LogP contribution in [0.1, 0.15) is 39.0 Å². The van der Waals surface area contributed by atoms with Gasteiger partial charge in [-0.05, 0) is 38.0 Å². The second-order valence-electron chi connectivity index (χ2n) is 5.28. The first kappa shape index (κ1) is 7.34. The molecule has 0 spiro atoms. The molecule has 4 aliphatic rings. The Morgan fingerprint density at radius 3 is 2.17 bits per heavy atom. The highest BCUT2D eigenvalue weighted by Crippen LogP contribution is 2.56. The molecule has 2 heterocycles. The normalized spacial score (nSPS) is 62.5. The maximum absolute atomic E-state index is 10.0. The number of hydrogen-bond acceptors (Lipinski definition) is 2. The summed E-state index contributed by atoms with van der Waals surface area (Å²) in [7, 11) is 0. The molecule has 0 aromatic rings. The molecule has 2 nitrogen and oxygen atoms in total. The van der Waals surface area contributed by atoms with Gasteiger partial charge in [0.05, 0.1) is 5.60 Å². The van der Waals surface area contributed by atoms with Gasteiger partial charge in [0.1, 0.15) is 0 Å². The van der Waals surface area contributed by atoms with Crippen molar-refractivity contribution < 1.29 is 9.84 Å². The van der Waals surface area contributed by atoms with Gasteiger partial charge in [-0.1, -0.05) is 0 Å². The second kappa shape index (κ2) is 1.88. The Morgan fingerprint density at radius 2 is 1.75 bits per heavy atom. The Morgan fingerprint density at radius 1 is 1.17 bits per heavy atom. The molecule has 1 N–H and O–H groups in total. The van der Waals surface area contributed by atoms with Crippen LogP contribution in [0, 0.1) is 11.8 Å². The summed E-state index contributed by atoms with van der Waals surface area (Å²) >= 11 is 0. The Hall–Kier alpha value is -0.0800. The highest BCUT2D eigenvalue weighted by molar-refractivity contribution is 5.02. The van der Waals surface area contributed by atoms with E-state index in [1.165, 1.54) is 19.3 Å². The molecule has 2 atom stereocenters. The summed E-state index contributed by atoms with van der Waals surface area (Å²) in [5, 5.41) is 10.0. The van der Waals surface area contributed by atoms with Crippen LogP contribution in [0.2, 0.25) is 0 Å². The van der Waals surface area contributed by atoms with Crippen molar-refractivity contribution in [3.05, 3.63) is 0 Å². The van der Waals surface area contributed by atoms with Crippen molar-refractivity contribution in [3.63, 3.8) is 0 Å². The van der Waals surface area contributed by atoms with Crippen LogP contribution in [0.25, 0.3) is 0 Å². The molecule has 12 heavy (non-hydrogen) atoms. The minimum Gasteiger partial charge on any atom is -0.365 e. The predicted molar refractivity (Wildman–Crippen MR) is 44.5 cm³/mol. The van der Waals surface area contributed by atoms with Crippen LogP contribution in [0.3, 0.4) is 0 Å². The van der Waals surface area contributed by atoms with Crippen LogP contribution < -0.4 is 0 Å². The van der Waals surface area contributed by atoms with E-state index in [4.69, 9.17) is 4.74 Å². The molecule has 4 bridgehead atoms. The van der Waals surface area contributed by atoms with Crippen LogP contribution in [0.15, 0.2) is 0 Å². The quantitative estimate of drug-likeness (QED) is 0.596. The molecular weight excluding hydrogens is 152 g/mol. The topological polar surface area (TPSA) is 29.5 Å².